The lowest BCUT2D eigenvalue weighted by Gasteiger charge is -2.20. The molecule has 22 heavy (non-hydrogen) atoms. The minimum absolute atomic E-state index is 0.294. The first-order valence-corrected chi connectivity index (χ1v) is 7.50. The van der Waals surface area contributed by atoms with E-state index in [1.807, 2.05) is 30.3 Å². The third-order valence-electron chi connectivity index (χ3n) is 4.61. The van der Waals surface area contributed by atoms with Gasteiger partial charge in [0.1, 0.15) is 0 Å². The van der Waals surface area contributed by atoms with Gasteiger partial charge in [-0.3, -0.25) is 9.59 Å². The molecule has 0 aromatic heterocycles. The van der Waals surface area contributed by atoms with Crippen molar-refractivity contribution in [3.05, 3.63) is 35.9 Å². The molecule has 1 aliphatic carbocycles. The zero-order chi connectivity index (χ0) is 16.5. The SMILES string of the molecule is CC(NC(=O)[C@@H]1[C@H](C(=O)O)C1(C)C)C(O)Cc1ccccc1. The largest absolute Gasteiger partial charge is 0.481 e. The van der Waals surface area contributed by atoms with Crippen LogP contribution in [0.2, 0.25) is 0 Å². The van der Waals surface area contributed by atoms with Crippen molar-refractivity contribution in [2.24, 2.45) is 17.3 Å². The molecule has 5 nitrogen and oxygen atoms in total. The van der Waals surface area contributed by atoms with Gasteiger partial charge in [-0.15, -0.1) is 0 Å². The second-order valence-corrected chi connectivity index (χ2v) is 6.67. The number of hydrogen-bond donors (Lipinski definition) is 3. The average molecular weight is 305 g/mol. The molecule has 1 aromatic rings. The Morgan fingerprint density at radius 1 is 1.23 bits per heavy atom. The third-order valence-corrected chi connectivity index (χ3v) is 4.61. The third kappa shape index (κ3) is 3.30. The van der Waals surface area contributed by atoms with Gasteiger partial charge in [-0.05, 0) is 17.9 Å². The zero-order valence-corrected chi connectivity index (χ0v) is 13.1. The lowest BCUT2D eigenvalue weighted by atomic mass is 10.0. The van der Waals surface area contributed by atoms with Gasteiger partial charge in [-0.25, -0.2) is 0 Å². The number of aliphatic hydroxyl groups excluding tert-OH is 1. The molecule has 2 rings (SSSR count). The Bertz CT molecular complexity index is 555. The van der Waals surface area contributed by atoms with Crippen LogP contribution in [-0.4, -0.2) is 34.2 Å². The summed E-state index contributed by atoms with van der Waals surface area (Å²) in [6.45, 7) is 5.29. The van der Waals surface area contributed by atoms with E-state index >= 15 is 0 Å². The van der Waals surface area contributed by atoms with Gasteiger partial charge in [-0.2, -0.15) is 0 Å². The van der Waals surface area contributed by atoms with E-state index < -0.39 is 35.4 Å². The summed E-state index contributed by atoms with van der Waals surface area (Å²) in [6.07, 6.45) is -0.268. The summed E-state index contributed by atoms with van der Waals surface area (Å²) in [4.78, 5) is 23.3. The van der Waals surface area contributed by atoms with Crippen molar-refractivity contribution in [2.75, 3.05) is 0 Å². The van der Waals surface area contributed by atoms with Crippen molar-refractivity contribution in [1.82, 2.24) is 5.32 Å². The summed E-state index contributed by atoms with van der Waals surface area (Å²) < 4.78 is 0. The molecule has 0 saturated heterocycles. The van der Waals surface area contributed by atoms with Gasteiger partial charge in [0.05, 0.1) is 24.0 Å². The first-order valence-electron chi connectivity index (χ1n) is 7.50. The van der Waals surface area contributed by atoms with E-state index in [-0.39, 0.29) is 5.91 Å². The summed E-state index contributed by atoms with van der Waals surface area (Å²) in [7, 11) is 0. The molecular weight excluding hydrogens is 282 g/mol. The van der Waals surface area contributed by atoms with Gasteiger partial charge < -0.3 is 15.5 Å². The lowest BCUT2D eigenvalue weighted by Crippen LogP contribution is -2.43. The maximum atomic E-state index is 12.2. The van der Waals surface area contributed by atoms with Gasteiger partial charge >= 0.3 is 5.97 Å². The molecule has 0 spiro atoms. The molecule has 2 unspecified atom stereocenters. The van der Waals surface area contributed by atoms with Crippen molar-refractivity contribution < 1.29 is 19.8 Å². The van der Waals surface area contributed by atoms with Crippen LogP contribution in [0, 0.1) is 17.3 Å². The number of carbonyl (C=O) groups excluding carboxylic acids is 1. The van der Waals surface area contributed by atoms with Gasteiger partial charge in [0.2, 0.25) is 5.91 Å². The Hall–Kier alpha value is -1.88. The molecule has 1 fully saturated rings. The quantitative estimate of drug-likeness (QED) is 0.742. The minimum Gasteiger partial charge on any atom is -0.481 e. The van der Waals surface area contributed by atoms with Gasteiger partial charge in [0.25, 0.3) is 0 Å². The highest BCUT2D eigenvalue weighted by Crippen LogP contribution is 2.58. The Labute approximate surface area is 130 Å². The number of benzene rings is 1. The van der Waals surface area contributed by atoms with E-state index in [4.69, 9.17) is 5.11 Å². The molecule has 4 atom stereocenters. The van der Waals surface area contributed by atoms with Crippen molar-refractivity contribution in [3.8, 4) is 0 Å². The molecule has 0 aliphatic heterocycles. The van der Waals surface area contributed by atoms with E-state index in [1.165, 1.54) is 0 Å². The normalized spacial score (nSPS) is 25.1. The van der Waals surface area contributed by atoms with Crippen LogP contribution in [0.5, 0.6) is 0 Å². The fraction of sp³-hybridized carbons (Fsp3) is 0.529. The van der Waals surface area contributed by atoms with Gasteiger partial charge in [0, 0.05) is 6.42 Å². The van der Waals surface area contributed by atoms with E-state index in [0.29, 0.717) is 6.42 Å². The lowest BCUT2D eigenvalue weighted by molar-refractivity contribution is -0.140. The van der Waals surface area contributed by atoms with E-state index in [0.717, 1.165) is 5.56 Å². The fourth-order valence-electron chi connectivity index (χ4n) is 3.03. The standard InChI is InChI=1S/C17H23NO4/c1-10(12(19)9-11-7-5-4-6-8-11)18-15(20)13-14(16(21)22)17(13,2)3/h4-8,10,12-14,19H,9H2,1-3H3,(H,18,20)(H,21,22)/t10?,12?,13-,14+/m0/s1. The molecule has 5 heteroatoms. The van der Waals surface area contributed by atoms with Crippen LogP contribution in [0.25, 0.3) is 0 Å². The molecule has 1 aromatic carbocycles. The first kappa shape index (κ1) is 16.5. The van der Waals surface area contributed by atoms with Crippen molar-refractivity contribution in [2.45, 2.75) is 39.3 Å². The van der Waals surface area contributed by atoms with Gasteiger partial charge in [-0.1, -0.05) is 44.2 Å². The van der Waals surface area contributed by atoms with Crippen LogP contribution in [0.15, 0.2) is 30.3 Å². The predicted molar refractivity (Wildman–Crippen MR) is 82.2 cm³/mol. The van der Waals surface area contributed by atoms with Crippen LogP contribution >= 0.6 is 0 Å². The average Bonchev–Trinajstić information content (AvgIpc) is 3.03. The highest BCUT2D eigenvalue weighted by Gasteiger charge is 2.65. The second-order valence-electron chi connectivity index (χ2n) is 6.67. The maximum absolute atomic E-state index is 12.2. The number of rotatable bonds is 6. The van der Waals surface area contributed by atoms with Crippen LogP contribution in [0.3, 0.4) is 0 Å². The number of carboxylic acid groups (broad SMARTS) is 1. The fourth-order valence-corrected chi connectivity index (χ4v) is 3.03. The van der Waals surface area contributed by atoms with Crippen LogP contribution in [0.4, 0.5) is 0 Å². The number of aliphatic hydroxyl groups is 1. The summed E-state index contributed by atoms with van der Waals surface area (Å²) >= 11 is 0. The topological polar surface area (TPSA) is 86.6 Å². The maximum Gasteiger partial charge on any atom is 0.307 e. The molecular formula is C17H23NO4. The monoisotopic (exact) mass is 305 g/mol. The number of carboxylic acids is 1. The molecule has 1 saturated carbocycles. The molecule has 0 bridgehead atoms. The molecule has 120 valence electrons. The highest BCUT2D eigenvalue weighted by atomic mass is 16.4. The molecule has 1 aliphatic rings. The van der Waals surface area contributed by atoms with E-state index in [2.05, 4.69) is 5.32 Å². The number of nitrogens with one attached hydrogen (secondary N) is 1. The van der Waals surface area contributed by atoms with Crippen LogP contribution in [0.1, 0.15) is 26.3 Å². The van der Waals surface area contributed by atoms with Crippen molar-refractivity contribution in [3.63, 3.8) is 0 Å². The Morgan fingerprint density at radius 2 is 1.82 bits per heavy atom. The molecule has 3 N–H and O–H groups in total. The first-order chi connectivity index (χ1) is 10.2. The van der Waals surface area contributed by atoms with Gasteiger partial charge in [0.15, 0.2) is 0 Å². The summed E-state index contributed by atoms with van der Waals surface area (Å²) in [5, 5.41) is 22.1. The van der Waals surface area contributed by atoms with Crippen LogP contribution in [-0.2, 0) is 16.0 Å². The van der Waals surface area contributed by atoms with Crippen molar-refractivity contribution in [1.29, 1.82) is 0 Å². The Kier molecular flexibility index (Phi) is 4.56. The molecule has 0 heterocycles. The number of carbonyl (C=O) groups is 2. The predicted octanol–water partition coefficient (Wildman–Crippen LogP) is 1.45. The van der Waals surface area contributed by atoms with E-state index in [1.54, 1.807) is 20.8 Å². The Balaban J connectivity index is 1.90. The number of amides is 1. The summed E-state index contributed by atoms with van der Waals surface area (Å²) in [5.74, 6) is -2.41. The number of aliphatic carboxylic acids is 1. The highest BCUT2D eigenvalue weighted by molar-refractivity contribution is 5.91. The number of hydrogen-bond acceptors (Lipinski definition) is 3. The molecule has 0 radical (unpaired) electrons. The molecule has 1 amide bonds. The van der Waals surface area contributed by atoms with Crippen molar-refractivity contribution >= 4 is 11.9 Å². The Morgan fingerprint density at radius 3 is 2.32 bits per heavy atom. The summed E-state index contributed by atoms with van der Waals surface area (Å²) in [5.41, 5.74) is 0.464. The zero-order valence-electron chi connectivity index (χ0n) is 13.1. The minimum atomic E-state index is -0.942. The van der Waals surface area contributed by atoms with E-state index in [9.17, 15) is 14.7 Å². The second kappa shape index (κ2) is 6.08. The van der Waals surface area contributed by atoms with Crippen LogP contribution < -0.4 is 5.32 Å². The smallest absolute Gasteiger partial charge is 0.307 e. The summed E-state index contributed by atoms with van der Waals surface area (Å²) in [6, 6.07) is 9.11.